The lowest BCUT2D eigenvalue weighted by Crippen LogP contribution is -2.40. The van der Waals surface area contributed by atoms with Gasteiger partial charge in [-0.05, 0) is 13.8 Å². The Labute approximate surface area is 76.7 Å². The summed E-state index contributed by atoms with van der Waals surface area (Å²) in [6, 6.07) is -0.114. The Morgan fingerprint density at radius 2 is 1.85 bits per heavy atom. The molecular weight excluding hydrogens is 183 g/mol. The molecule has 0 heterocycles. The van der Waals surface area contributed by atoms with E-state index in [2.05, 4.69) is 0 Å². The summed E-state index contributed by atoms with van der Waals surface area (Å²) in [5.41, 5.74) is 0. The molecule has 0 aromatic heterocycles. The molecule has 0 aliphatic rings. The van der Waals surface area contributed by atoms with Gasteiger partial charge in [-0.1, -0.05) is 0 Å². The van der Waals surface area contributed by atoms with Gasteiger partial charge in [-0.15, -0.1) is 0 Å². The van der Waals surface area contributed by atoms with Gasteiger partial charge in [-0.25, -0.2) is 0 Å². The molecule has 0 aromatic rings. The monoisotopic (exact) mass is 199 g/mol. The van der Waals surface area contributed by atoms with E-state index in [0.29, 0.717) is 13.2 Å². The normalized spacial score (nSPS) is 12.9. The maximum absolute atomic E-state index is 12.0. The SMILES string of the molecule is COCCN(CC(F)(F)F)C(C)C. The third-order valence-electron chi connectivity index (χ3n) is 1.70. The second-order valence-electron chi connectivity index (χ2n) is 3.17. The van der Waals surface area contributed by atoms with Crippen molar-refractivity contribution >= 4 is 0 Å². The van der Waals surface area contributed by atoms with Crippen molar-refractivity contribution in [1.82, 2.24) is 4.90 Å². The molecule has 13 heavy (non-hydrogen) atoms. The van der Waals surface area contributed by atoms with Crippen molar-refractivity contribution in [3.63, 3.8) is 0 Å². The lowest BCUT2D eigenvalue weighted by atomic mass is 10.3. The molecule has 0 amide bonds. The van der Waals surface area contributed by atoms with Crippen LogP contribution in [-0.2, 0) is 4.74 Å². The van der Waals surface area contributed by atoms with Crippen molar-refractivity contribution in [3.8, 4) is 0 Å². The van der Waals surface area contributed by atoms with Gasteiger partial charge in [0.1, 0.15) is 0 Å². The quantitative estimate of drug-likeness (QED) is 0.670. The highest BCUT2D eigenvalue weighted by molar-refractivity contribution is 4.66. The third-order valence-corrected chi connectivity index (χ3v) is 1.70. The van der Waals surface area contributed by atoms with Gasteiger partial charge in [0.2, 0.25) is 0 Å². The summed E-state index contributed by atoms with van der Waals surface area (Å²) >= 11 is 0. The van der Waals surface area contributed by atoms with E-state index >= 15 is 0 Å². The Kier molecular flexibility index (Phi) is 5.32. The van der Waals surface area contributed by atoms with Crippen LogP contribution in [0.4, 0.5) is 13.2 Å². The molecule has 0 atom stereocenters. The number of alkyl halides is 3. The fourth-order valence-electron chi connectivity index (χ4n) is 0.959. The smallest absolute Gasteiger partial charge is 0.383 e. The zero-order valence-electron chi connectivity index (χ0n) is 8.19. The van der Waals surface area contributed by atoms with Gasteiger partial charge in [0, 0.05) is 19.7 Å². The van der Waals surface area contributed by atoms with Crippen molar-refractivity contribution in [3.05, 3.63) is 0 Å². The van der Waals surface area contributed by atoms with E-state index in [1.54, 1.807) is 13.8 Å². The minimum Gasteiger partial charge on any atom is -0.383 e. The highest BCUT2D eigenvalue weighted by Crippen LogP contribution is 2.17. The summed E-state index contributed by atoms with van der Waals surface area (Å²) in [5.74, 6) is 0. The molecule has 0 spiro atoms. The van der Waals surface area contributed by atoms with E-state index in [9.17, 15) is 13.2 Å². The molecule has 0 aromatic carbocycles. The van der Waals surface area contributed by atoms with Crippen LogP contribution >= 0.6 is 0 Å². The first kappa shape index (κ1) is 12.7. The first-order valence-corrected chi connectivity index (χ1v) is 4.16. The summed E-state index contributed by atoms with van der Waals surface area (Å²) in [6.45, 7) is 3.25. The standard InChI is InChI=1S/C8H16F3NO/c1-7(2)12(4-5-13-3)6-8(9,10)11/h7H,4-6H2,1-3H3. The van der Waals surface area contributed by atoms with Crippen molar-refractivity contribution in [2.75, 3.05) is 26.8 Å². The molecular formula is C8H16F3NO. The second kappa shape index (κ2) is 5.44. The second-order valence-corrected chi connectivity index (χ2v) is 3.17. The largest absolute Gasteiger partial charge is 0.401 e. The average molecular weight is 199 g/mol. The highest BCUT2D eigenvalue weighted by atomic mass is 19.4. The number of methoxy groups -OCH3 is 1. The molecule has 2 nitrogen and oxygen atoms in total. The van der Waals surface area contributed by atoms with E-state index in [1.165, 1.54) is 12.0 Å². The molecule has 0 radical (unpaired) electrons. The van der Waals surface area contributed by atoms with Gasteiger partial charge in [0.15, 0.2) is 0 Å². The molecule has 0 aliphatic carbocycles. The van der Waals surface area contributed by atoms with E-state index in [-0.39, 0.29) is 6.04 Å². The predicted molar refractivity (Wildman–Crippen MR) is 44.6 cm³/mol. The van der Waals surface area contributed by atoms with Crippen molar-refractivity contribution < 1.29 is 17.9 Å². The summed E-state index contributed by atoms with van der Waals surface area (Å²) in [6.07, 6.45) is -4.13. The van der Waals surface area contributed by atoms with Crippen LogP contribution in [0.1, 0.15) is 13.8 Å². The van der Waals surface area contributed by atoms with Gasteiger partial charge in [0.25, 0.3) is 0 Å². The molecule has 0 N–H and O–H groups in total. The van der Waals surface area contributed by atoms with Crippen LogP contribution in [-0.4, -0.2) is 43.9 Å². The Hall–Kier alpha value is -0.290. The van der Waals surface area contributed by atoms with Crippen molar-refractivity contribution in [2.24, 2.45) is 0 Å². The molecule has 0 fully saturated rings. The minimum atomic E-state index is -4.13. The lowest BCUT2D eigenvalue weighted by Gasteiger charge is -2.26. The fourth-order valence-corrected chi connectivity index (χ4v) is 0.959. The zero-order chi connectivity index (χ0) is 10.5. The number of rotatable bonds is 5. The molecule has 0 rings (SSSR count). The summed E-state index contributed by atoms with van der Waals surface area (Å²) in [7, 11) is 1.48. The summed E-state index contributed by atoms with van der Waals surface area (Å²) < 4.78 is 40.8. The molecule has 0 unspecified atom stereocenters. The first-order chi connectivity index (χ1) is 5.87. The van der Waals surface area contributed by atoms with Gasteiger partial charge in [-0.2, -0.15) is 13.2 Å². The van der Waals surface area contributed by atoms with Gasteiger partial charge < -0.3 is 4.74 Å². The third kappa shape index (κ3) is 6.83. The number of hydrogen-bond donors (Lipinski definition) is 0. The summed E-state index contributed by atoms with van der Waals surface area (Å²) in [5, 5.41) is 0. The molecule has 0 aliphatic heterocycles. The van der Waals surface area contributed by atoms with Crippen molar-refractivity contribution in [1.29, 1.82) is 0 Å². The molecule has 5 heteroatoms. The van der Waals surface area contributed by atoms with Crippen LogP contribution in [0, 0.1) is 0 Å². The van der Waals surface area contributed by atoms with Crippen LogP contribution < -0.4 is 0 Å². The Morgan fingerprint density at radius 1 is 1.31 bits per heavy atom. The Bertz CT molecular complexity index is 136. The van der Waals surface area contributed by atoms with Gasteiger partial charge >= 0.3 is 6.18 Å². The fraction of sp³-hybridized carbons (Fsp3) is 1.00. The van der Waals surface area contributed by atoms with Crippen molar-refractivity contribution in [2.45, 2.75) is 26.1 Å². The molecule has 0 bridgehead atoms. The summed E-state index contributed by atoms with van der Waals surface area (Å²) in [4.78, 5) is 1.34. The van der Waals surface area contributed by atoms with Crippen LogP contribution in [0.3, 0.4) is 0 Å². The van der Waals surface area contributed by atoms with Crippen LogP contribution in [0.15, 0.2) is 0 Å². The predicted octanol–water partition coefficient (Wildman–Crippen LogP) is 1.91. The Balaban J connectivity index is 3.95. The highest BCUT2D eigenvalue weighted by Gasteiger charge is 2.31. The number of halogens is 3. The van der Waals surface area contributed by atoms with Crippen LogP contribution in [0.2, 0.25) is 0 Å². The first-order valence-electron chi connectivity index (χ1n) is 4.16. The maximum Gasteiger partial charge on any atom is 0.401 e. The van der Waals surface area contributed by atoms with Gasteiger partial charge in [0.05, 0.1) is 13.2 Å². The number of ether oxygens (including phenoxy) is 1. The Morgan fingerprint density at radius 3 is 2.15 bits per heavy atom. The maximum atomic E-state index is 12.0. The number of hydrogen-bond acceptors (Lipinski definition) is 2. The zero-order valence-corrected chi connectivity index (χ0v) is 8.19. The molecule has 0 saturated carbocycles. The van der Waals surface area contributed by atoms with Gasteiger partial charge in [-0.3, -0.25) is 4.90 Å². The minimum absolute atomic E-state index is 0.114. The van der Waals surface area contributed by atoms with Crippen LogP contribution in [0.25, 0.3) is 0 Å². The van der Waals surface area contributed by atoms with E-state index < -0.39 is 12.7 Å². The molecule has 80 valence electrons. The molecule has 0 saturated heterocycles. The van der Waals surface area contributed by atoms with E-state index in [0.717, 1.165) is 0 Å². The average Bonchev–Trinajstić information content (AvgIpc) is 1.95. The van der Waals surface area contributed by atoms with E-state index in [4.69, 9.17) is 4.74 Å². The lowest BCUT2D eigenvalue weighted by molar-refractivity contribution is -0.150. The van der Waals surface area contributed by atoms with E-state index in [1.807, 2.05) is 0 Å². The topological polar surface area (TPSA) is 12.5 Å². The number of nitrogens with zero attached hydrogens (tertiary/aromatic N) is 1. The van der Waals surface area contributed by atoms with Crippen LogP contribution in [0.5, 0.6) is 0 Å².